The first-order valence-corrected chi connectivity index (χ1v) is 4.84. The van der Waals surface area contributed by atoms with E-state index in [0.29, 0.717) is 5.41 Å². The number of allylic oxidation sites excluding steroid dienone is 2. The molecule has 0 aromatic rings. The molecule has 0 nitrogen and oxygen atoms in total. The van der Waals surface area contributed by atoms with Crippen LogP contribution in [0.25, 0.3) is 0 Å². The van der Waals surface area contributed by atoms with Gasteiger partial charge < -0.3 is 0 Å². The predicted octanol–water partition coefficient (Wildman–Crippen LogP) is 3.92. The van der Waals surface area contributed by atoms with Gasteiger partial charge in [-0.25, -0.2) is 0 Å². The molecule has 0 N–H and O–H groups in total. The molecular weight excluding hydrogens is 132 g/mol. The first-order chi connectivity index (χ1) is 5.20. The third-order valence-corrected chi connectivity index (χ3v) is 3.36. The fourth-order valence-corrected chi connectivity index (χ4v) is 1.82. The quantitative estimate of drug-likeness (QED) is 0.499. The summed E-state index contributed by atoms with van der Waals surface area (Å²) in [4.78, 5) is 0. The van der Waals surface area contributed by atoms with Crippen molar-refractivity contribution in [2.24, 2.45) is 5.41 Å². The van der Waals surface area contributed by atoms with Crippen LogP contribution in [-0.2, 0) is 0 Å². The molecule has 0 atom stereocenters. The summed E-state index contributed by atoms with van der Waals surface area (Å²) in [6, 6.07) is 0. The Morgan fingerprint density at radius 2 is 1.91 bits per heavy atom. The van der Waals surface area contributed by atoms with E-state index in [1.807, 2.05) is 0 Å². The summed E-state index contributed by atoms with van der Waals surface area (Å²) in [5.74, 6) is 0. The lowest BCUT2D eigenvalue weighted by Crippen LogP contribution is -2.19. The largest absolute Gasteiger partial charge is 0.0885 e. The molecule has 0 aliphatic heterocycles. The zero-order valence-electron chi connectivity index (χ0n) is 8.11. The molecule has 1 saturated carbocycles. The lowest BCUT2D eigenvalue weighted by molar-refractivity contribution is 0.236. The van der Waals surface area contributed by atoms with Gasteiger partial charge in [-0.15, -0.1) is 0 Å². The van der Waals surface area contributed by atoms with E-state index in [0.717, 1.165) is 0 Å². The van der Waals surface area contributed by atoms with Gasteiger partial charge in [-0.2, -0.15) is 0 Å². The van der Waals surface area contributed by atoms with Gasteiger partial charge in [-0.1, -0.05) is 31.9 Å². The zero-order valence-corrected chi connectivity index (χ0v) is 8.11. The van der Waals surface area contributed by atoms with Crippen molar-refractivity contribution >= 4 is 0 Å². The topological polar surface area (TPSA) is 0 Å². The average Bonchev–Trinajstić information content (AvgIpc) is 2.06. The van der Waals surface area contributed by atoms with Gasteiger partial charge in [0.25, 0.3) is 0 Å². The van der Waals surface area contributed by atoms with Crippen molar-refractivity contribution in [3.63, 3.8) is 0 Å². The molecule has 1 aliphatic carbocycles. The van der Waals surface area contributed by atoms with E-state index in [4.69, 9.17) is 0 Å². The highest BCUT2D eigenvalue weighted by molar-refractivity contribution is 5.05. The molecule has 0 unspecified atom stereocenters. The number of rotatable bonds is 1. The second kappa shape index (κ2) is 3.42. The summed E-state index contributed by atoms with van der Waals surface area (Å²) in [6.45, 7) is 6.92. The third-order valence-electron chi connectivity index (χ3n) is 3.36. The standard InChI is InChI=1S/C11H20/c1-4-10-6-8-11(3,5-2)9-7-10/h4H,5-9H2,1-3H3. The van der Waals surface area contributed by atoms with Crippen LogP contribution >= 0.6 is 0 Å². The van der Waals surface area contributed by atoms with Crippen LogP contribution in [0.5, 0.6) is 0 Å². The van der Waals surface area contributed by atoms with Crippen LogP contribution in [-0.4, -0.2) is 0 Å². The molecule has 0 heterocycles. The molecule has 0 aromatic carbocycles. The smallest absolute Gasteiger partial charge is 0.0315 e. The lowest BCUT2D eigenvalue weighted by atomic mass is 9.72. The minimum absolute atomic E-state index is 0.659. The Morgan fingerprint density at radius 1 is 1.36 bits per heavy atom. The first kappa shape index (κ1) is 8.83. The van der Waals surface area contributed by atoms with E-state index in [-0.39, 0.29) is 0 Å². The van der Waals surface area contributed by atoms with Crippen LogP contribution in [0.4, 0.5) is 0 Å². The second-order valence-corrected chi connectivity index (χ2v) is 4.11. The van der Waals surface area contributed by atoms with E-state index >= 15 is 0 Å². The maximum Gasteiger partial charge on any atom is -0.0315 e. The van der Waals surface area contributed by atoms with Crippen LogP contribution in [0, 0.1) is 5.41 Å². The van der Waals surface area contributed by atoms with Crippen molar-refractivity contribution in [3.05, 3.63) is 11.6 Å². The maximum absolute atomic E-state index is 2.43. The van der Waals surface area contributed by atoms with Crippen LogP contribution in [0.3, 0.4) is 0 Å². The molecule has 0 radical (unpaired) electrons. The summed E-state index contributed by atoms with van der Waals surface area (Å²) >= 11 is 0. The van der Waals surface area contributed by atoms with Gasteiger partial charge in [0.05, 0.1) is 0 Å². The van der Waals surface area contributed by atoms with E-state index in [1.54, 1.807) is 5.57 Å². The Hall–Kier alpha value is -0.260. The van der Waals surface area contributed by atoms with Gasteiger partial charge in [0.2, 0.25) is 0 Å². The zero-order chi connectivity index (χ0) is 8.32. The second-order valence-electron chi connectivity index (χ2n) is 4.11. The van der Waals surface area contributed by atoms with Gasteiger partial charge in [-0.3, -0.25) is 0 Å². The van der Waals surface area contributed by atoms with Crippen LogP contribution in [0.2, 0.25) is 0 Å². The summed E-state index contributed by atoms with van der Waals surface area (Å²) in [5, 5.41) is 0. The SMILES string of the molecule is CC=C1CCC(C)(CC)CC1. The number of hydrogen-bond acceptors (Lipinski definition) is 0. The fourth-order valence-electron chi connectivity index (χ4n) is 1.82. The molecule has 1 aliphatic rings. The molecule has 0 amide bonds. The van der Waals surface area contributed by atoms with Crippen molar-refractivity contribution in [1.29, 1.82) is 0 Å². The van der Waals surface area contributed by atoms with Crippen LogP contribution in [0.1, 0.15) is 52.9 Å². The van der Waals surface area contributed by atoms with Crippen LogP contribution < -0.4 is 0 Å². The van der Waals surface area contributed by atoms with Gasteiger partial charge in [0.15, 0.2) is 0 Å². The fraction of sp³-hybridized carbons (Fsp3) is 0.818. The van der Waals surface area contributed by atoms with E-state index < -0.39 is 0 Å². The molecular formula is C11H20. The molecule has 0 saturated heterocycles. The average molecular weight is 152 g/mol. The molecule has 0 spiro atoms. The maximum atomic E-state index is 2.43. The van der Waals surface area contributed by atoms with E-state index in [1.165, 1.54) is 32.1 Å². The molecule has 0 aromatic heterocycles. The van der Waals surface area contributed by atoms with E-state index in [2.05, 4.69) is 26.8 Å². The Labute approximate surface area is 70.7 Å². The number of hydrogen-bond donors (Lipinski definition) is 0. The highest BCUT2D eigenvalue weighted by Crippen LogP contribution is 2.40. The Bertz CT molecular complexity index is 143. The summed E-state index contributed by atoms with van der Waals surface area (Å²) in [7, 11) is 0. The van der Waals surface area contributed by atoms with Crippen molar-refractivity contribution in [3.8, 4) is 0 Å². The van der Waals surface area contributed by atoms with Crippen molar-refractivity contribution in [2.75, 3.05) is 0 Å². The third kappa shape index (κ3) is 2.08. The normalized spacial score (nSPS) is 32.1. The van der Waals surface area contributed by atoms with Gasteiger partial charge in [0, 0.05) is 0 Å². The van der Waals surface area contributed by atoms with Gasteiger partial charge in [0.1, 0.15) is 0 Å². The predicted molar refractivity (Wildman–Crippen MR) is 50.6 cm³/mol. The van der Waals surface area contributed by atoms with Gasteiger partial charge >= 0.3 is 0 Å². The highest BCUT2D eigenvalue weighted by atomic mass is 14.3. The molecule has 11 heavy (non-hydrogen) atoms. The monoisotopic (exact) mass is 152 g/mol. The molecule has 0 heteroatoms. The molecule has 1 rings (SSSR count). The molecule has 1 fully saturated rings. The Balaban J connectivity index is 2.47. The van der Waals surface area contributed by atoms with Crippen LogP contribution in [0.15, 0.2) is 11.6 Å². The summed E-state index contributed by atoms with van der Waals surface area (Å²) < 4.78 is 0. The van der Waals surface area contributed by atoms with Gasteiger partial charge in [-0.05, 0) is 38.0 Å². The lowest BCUT2D eigenvalue weighted by Gasteiger charge is -2.33. The first-order valence-electron chi connectivity index (χ1n) is 4.84. The molecule has 0 bridgehead atoms. The Morgan fingerprint density at radius 3 is 2.27 bits per heavy atom. The summed E-state index contributed by atoms with van der Waals surface area (Å²) in [5.41, 5.74) is 2.34. The molecule has 64 valence electrons. The van der Waals surface area contributed by atoms with Crippen molar-refractivity contribution < 1.29 is 0 Å². The van der Waals surface area contributed by atoms with Crippen molar-refractivity contribution in [2.45, 2.75) is 52.9 Å². The highest BCUT2D eigenvalue weighted by Gasteiger charge is 2.25. The minimum Gasteiger partial charge on any atom is -0.0885 e. The Kier molecular flexibility index (Phi) is 2.75. The van der Waals surface area contributed by atoms with Crippen molar-refractivity contribution in [1.82, 2.24) is 0 Å². The summed E-state index contributed by atoms with van der Waals surface area (Å²) in [6.07, 6.45) is 9.16. The minimum atomic E-state index is 0.659. The van der Waals surface area contributed by atoms with E-state index in [9.17, 15) is 0 Å².